The Bertz CT molecular complexity index is 94.1. The lowest BCUT2D eigenvalue weighted by atomic mass is 10.2. The van der Waals surface area contributed by atoms with Crippen molar-refractivity contribution in [2.75, 3.05) is 33.4 Å². The molecular weight excluding hydrogens is 142 g/mol. The fourth-order valence-electron chi connectivity index (χ4n) is 0.979. The predicted molar refractivity (Wildman–Crippen MR) is 43.7 cm³/mol. The Morgan fingerprint density at radius 3 is 2.55 bits per heavy atom. The lowest BCUT2D eigenvalue weighted by Gasteiger charge is -2.26. The SMILES string of the molecule is COCCCCOC1CNC1. The number of unbranched alkanes of at least 4 members (excludes halogenated alkanes) is 1. The van der Waals surface area contributed by atoms with Crippen molar-refractivity contribution in [1.82, 2.24) is 5.32 Å². The maximum absolute atomic E-state index is 5.51. The zero-order chi connectivity index (χ0) is 7.94. The van der Waals surface area contributed by atoms with Gasteiger partial charge in [-0.3, -0.25) is 0 Å². The van der Waals surface area contributed by atoms with E-state index in [9.17, 15) is 0 Å². The standard InChI is InChI=1S/C8H17NO2/c1-10-4-2-3-5-11-8-6-9-7-8/h8-9H,2-7H2,1H3. The van der Waals surface area contributed by atoms with Crippen molar-refractivity contribution in [3.8, 4) is 0 Å². The van der Waals surface area contributed by atoms with Crippen LogP contribution in [0.2, 0.25) is 0 Å². The minimum absolute atomic E-state index is 0.484. The van der Waals surface area contributed by atoms with E-state index in [0.717, 1.165) is 39.1 Å². The van der Waals surface area contributed by atoms with Gasteiger partial charge in [-0.25, -0.2) is 0 Å². The summed E-state index contributed by atoms with van der Waals surface area (Å²) >= 11 is 0. The molecule has 0 saturated carbocycles. The van der Waals surface area contributed by atoms with Gasteiger partial charge in [-0.15, -0.1) is 0 Å². The lowest BCUT2D eigenvalue weighted by molar-refractivity contribution is 0.0149. The molecule has 1 N–H and O–H groups in total. The van der Waals surface area contributed by atoms with Crippen molar-refractivity contribution in [1.29, 1.82) is 0 Å². The molecule has 0 aromatic rings. The minimum Gasteiger partial charge on any atom is -0.385 e. The van der Waals surface area contributed by atoms with Crippen LogP contribution in [0.3, 0.4) is 0 Å². The molecule has 0 spiro atoms. The fraction of sp³-hybridized carbons (Fsp3) is 1.00. The van der Waals surface area contributed by atoms with Gasteiger partial charge in [0.2, 0.25) is 0 Å². The molecule has 0 unspecified atom stereocenters. The monoisotopic (exact) mass is 159 g/mol. The molecule has 0 aliphatic carbocycles. The third-order valence-corrected chi connectivity index (χ3v) is 1.84. The highest BCUT2D eigenvalue weighted by molar-refractivity contribution is 4.74. The second kappa shape index (κ2) is 5.52. The summed E-state index contributed by atoms with van der Waals surface area (Å²) in [7, 11) is 1.73. The molecule has 0 aromatic carbocycles. The van der Waals surface area contributed by atoms with Crippen molar-refractivity contribution in [2.24, 2.45) is 0 Å². The van der Waals surface area contributed by atoms with Crippen molar-refractivity contribution in [2.45, 2.75) is 18.9 Å². The van der Waals surface area contributed by atoms with E-state index in [2.05, 4.69) is 5.32 Å². The summed E-state index contributed by atoms with van der Waals surface area (Å²) in [6.45, 7) is 3.80. The lowest BCUT2D eigenvalue weighted by Crippen LogP contribution is -2.48. The molecule has 0 atom stereocenters. The van der Waals surface area contributed by atoms with E-state index in [0.29, 0.717) is 6.10 Å². The maximum atomic E-state index is 5.51. The number of hydrogen-bond donors (Lipinski definition) is 1. The summed E-state index contributed by atoms with van der Waals surface area (Å²) in [5.74, 6) is 0. The Hall–Kier alpha value is -0.120. The van der Waals surface area contributed by atoms with E-state index in [1.165, 1.54) is 0 Å². The van der Waals surface area contributed by atoms with E-state index in [4.69, 9.17) is 9.47 Å². The molecule has 3 nitrogen and oxygen atoms in total. The van der Waals surface area contributed by atoms with Crippen molar-refractivity contribution < 1.29 is 9.47 Å². The molecule has 1 fully saturated rings. The first-order valence-corrected chi connectivity index (χ1v) is 4.24. The zero-order valence-electron chi connectivity index (χ0n) is 7.14. The fourth-order valence-corrected chi connectivity index (χ4v) is 0.979. The predicted octanol–water partition coefficient (Wildman–Crippen LogP) is 0.401. The Labute approximate surface area is 68.1 Å². The molecule has 11 heavy (non-hydrogen) atoms. The smallest absolute Gasteiger partial charge is 0.0823 e. The van der Waals surface area contributed by atoms with Gasteiger partial charge in [-0.1, -0.05) is 0 Å². The molecule has 0 radical (unpaired) electrons. The van der Waals surface area contributed by atoms with Gasteiger partial charge in [0, 0.05) is 33.4 Å². The minimum atomic E-state index is 0.484. The van der Waals surface area contributed by atoms with Gasteiger partial charge >= 0.3 is 0 Å². The van der Waals surface area contributed by atoms with E-state index < -0.39 is 0 Å². The number of rotatable bonds is 6. The van der Waals surface area contributed by atoms with E-state index in [1.807, 2.05) is 0 Å². The first kappa shape index (κ1) is 8.97. The highest BCUT2D eigenvalue weighted by Crippen LogP contribution is 1.99. The quantitative estimate of drug-likeness (QED) is 0.569. The van der Waals surface area contributed by atoms with Crippen LogP contribution < -0.4 is 5.32 Å². The molecule has 1 aliphatic rings. The van der Waals surface area contributed by atoms with Gasteiger partial charge < -0.3 is 14.8 Å². The molecule has 1 saturated heterocycles. The molecule has 1 rings (SSSR count). The van der Waals surface area contributed by atoms with Crippen LogP contribution in [-0.4, -0.2) is 39.5 Å². The zero-order valence-corrected chi connectivity index (χ0v) is 7.14. The van der Waals surface area contributed by atoms with Crippen LogP contribution in [-0.2, 0) is 9.47 Å². The van der Waals surface area contributed by atoms with Gasteiger partial charge in [-0.05, 0) is 12.8 Å². The summed E-state index contributed by atoms with van der Waals surface area (Å²) in [4.78, 5) is 0. The van der Waals surface area contributed by atoms with Crippen molar-refractivity contribution in [3.63, 3.8) is 0 Å². The molecule has 0 aromatic heterocycles. The highest BCUT2D eigenvalue weighted by atomic mass is 16.5. The number of hydrogen-bond acceptors (Lipinski definition) is 3. The van der Waals surface area contributed by atoms with Crippen LogP contribution in [0.1, 0.15) is 12.8 Å². The Morgan fingerprint density at radius 2 is 2.00 bits per heavy atom. The first-order valence-electron chi connectivity index (χ1n) is 4.24. The summed E-state index contributed by atoms with van der Waals surface area (Å²) in [6, 6.07) is 0. The average molecular weight is 159 g/mol. The second-order valence-corrected chi connectivity index (χ2v) is 2.85. The highest BCUT2D eigenvalue weighted by Gasteiger charge is 2.15. The van der Waals surface area contributed by atoms with Crippen LogP contribution in [0.15, 0.2) is 0 Å². The van der Waals surface area contributed by atoms with Gasteiger partial charge in [0.25, 0.3) is 0 Å². The molecular formula is C8H17NO2. The van der Waals surface area contributed by atoms with E-state index in [-0.39, 0.29) is 0 Å². The summed E-state index contributed by atoms with van der Waals surface area (Å²) < 4.78 is 10.4. The van der Waals surface area contributed by atoms with Crippen molar-refractivity contribution in [3.05, 3.63) is 0 Å². The molecule has 0 amide bonds. The van der Waals surface area contributed by atoms with Crippen LogP contribution in [0, 0.1) is 0 Å². The number of ether oxygens (including phenoxy) is 2. The van der Waals surface area contributed by atoms with Crippen LogP contribution in [0.5, 0.6) is 0 Å². The van der Waals surface area contributed by atoms with E-state index >= 15 is 0 Å². The molecule has 1 heterocycles. The molecule has 66 valence electrons. The summed E-state index contributed by atoms with van der Waals surface area (Å²) in [6.07, 6.45) is 2.71. The topological polar surface area (TPSA) is 30.5 Å². The largest absolute Gasteiger partial charge is 0.385 e. The van der Waals surface area contributed by atoms with Gasteiger partial charge in [0.1, 0.15) is 0 Å². The van der Waals surface area contributed by atoms with Gasteiger partial charge in [-0.2, -0.15) is 0 Å². The molecule has 3 heteroatoms. The Balaban J connectivity index is 1.73. The van der Waals surface area contributed by atoms with Gasteiger partial charge in [0.15, 0.2) is 0 Å². The normalized spacial score (nSPS) is 18.3. The van der Waals surface area contributed by atoms with E-state index in [1.54, 1.807) is 7.11 Å². The number of methoxy groups -OCH3 is 1. The third-order valence-electron chi connectivity index (χ3n) is 1.84. The van der Waals surface area contributed by atoms with Gasteiger partial charge in [0.05, 0.1) is 6.10 Å². The maximum Gasteiger partial charge on any atom is 0.0823 e. The Kier molecular flexibility index (Phi) is 4.50. The van der Waals surface area contributed by atoms with Crippen LogP contribution >= 0.6 is 0 Å². The summed E-state index contributed by atoms with van der Waals surface area (Å²) in [5.41, 5.74) is 0. The first-order chi connectivity index (χ1) is 5.43. The Morgan fingerprint density at radius 1 is 1.27 bits per heavy atom. The average Bonchev–Trinajstić information content (AvgIpc) is 1.93. The van der Waals surface area contributed by atoms with Crippen LogP contribution in [0.4, 0.5) is 0 Å². The third kappa shape index (κ3) is 3.70. The molecule has 1 aliphatic heterocycles. The summed E-state index contributed by atoms with van der Waals surface area (Å²) in [5, 5.41) is 3.16. The second-order valence-electron chi connectivity index (χ2n) is 2.85. The molecule has 0 bridgehead atoms. The van der Waals surface area contributed by atoms with Crippen LogP contribution in [0.25, 0.3) is 0 Å². The van der Waals surface area contributed by atoms with Crippen molar-refractivity contribution >= 4 is 0 Å². The number of nitrogens with one attached hydrogen (secondary N) is 1.